The highest BCUT2D eigenvalue weighted by Gasteiger charge is 2.13. The monoisotopic (exact) mass is 235 g/mol. The Kier molecular flexibility index (Phi) is 2.90. The van der Waals surface area contributed by atoms with Crippen LogP contribution in [0.4, 0.5) is 0 Å². The fraction of sp³-hybridized carbons (Fsp3) is 0.400. The van der Waals surface area contributed by atoms with Crippen LogP contribution in [0.3, 0.4) is 0 Å². The zero-order valence-corrected chi connectivity index (χ0v) is 9.87. The number of carbonyl (C=O) groups is 1. The highest BCUT2D eigenvalue weighted by molar-refractivity contribution is 5.90. The Bertz CT molecular complexity index is 523. The Hall–Kier alpha value is -2.18. The summed E-state index contributed by atoms with van der Waals surface area (Å²) in [7, 11) is 0. The molecule has 0 saturated carbocycles. The minimum absolute atomic E-state index is 0.0301. The number of rotatable bonds is 3. The minimum atomic E-state index is -0.381. The zero-order valence-electron chi connectivity index (χ0n) is 9.87. The van der Waals surface area contributed by atoms with Gasteiger partial charge in [-0.1, -0.05) is 5.16 Å². The van der Waals surface area contributed by atoms with E-state index < -0.39 is 0 Å². The molecule has 90 valence electrons. The first-order valence-electron chi connectivity index (χ1n) is 5.17. The van der Waals surface area contributed by atoms with E-state index in [0.717, 1.165) is 11.4 Å². The second kappa shape index (κ2) is 4.36. The molecule has 0 atom stereocenters. The smallest absolute Gasteiger partial charge is 0.293 e. The van der Waals surface area contributed by atoms with E-state index in [2.05, 4.69) is 25.4 Å². The normalized spacial score (nSPS) is 10.5. The summed E-state index contributed by atoms with van der Waals surface area (Å²) < 4.78 is 4.72. The van der Waals surface area contributed by atoms with Gasteiger partial charge in [0, 0.05) is 12.6 Å². The summed E-state index contributed by atoms with van der Waals surface area (Å²) in [6.45, 7) is 5.76. The first kappa shape index (κ1) is 11.3. The third-order valence-electron chi connectivity index (χ3n) is 2.32. The van der Waals surface area contributed by atoms with Crippen molar-refractivity contribution in [3.63, 3.8) is 0 Å². The highest BCUT2D eigenvalue weighted by Crippen LogP contribution is 2.02. The van der Waals surface area contributed by atoms with Gasteiger partial charge in [-0.25, -0.2) is 4.98 Å². The molecule has 0 saturated heterocycles. The molecule has 0 bridgehead atoms. The Labute approximate surface area is 97.6 Å². The maximum atomic E-state index is 11.6. The van der Waals surface area contributed by atoms with Crippen LogP contribution in [0.2, 0.25) is 0 Å². The largest absolute Gasteiger partial charge is 0.344 e. The molecule has 2 N–H and O–H groups in total. The number of H-pyrrole nitrogens is 1. The van der Waals surface area contributed by atoms with E-state index in [1.165, 1.54) is 0 Å². The van der Waals surface area contributed by atoms with Crippen molar-refractivity contribution >= 4 is 5.91 Å². The van der Waals surface area contributed by atoms with Crippen LogP contribution in [0.25, 0.3) is 0 Å². The lowest BCUT2D eigenvalue weighted by atomic mass is 10.4. The van der Waals surface area contributed by atoms with Gasteiger partial charge in [-0.15, -0.1) is 0 Å². The van der Waals surface area contributed by atoms with Crippen molar-refractivity contribution in [2.45, 2.75) is 27.3 Å². The fourth-order valence-corrected chi connectivity index (χ4v) is 1.34. The molecule has 0 spiro atoms. The molecule has 1 amide bonds. The molecular formula is C10H13N5O2. The van der Waals surface area contributed by atoms with Crippen molar-refractivity contribution in [3.8, 4) is 0 Å². The molecule has 2 aromatic heterocycles. The topological polar surface area (TPSA) is 96.7 Å². The Morgan fingerprint density at radius 3 is 2.65 bits per heavy atom. The quantitative estimate of drug-likeness (QED) is 0.814. The van der Waals surface area contributed by atoms with E-state index in [-0.39, 0.29) is 11.7 Å². The fourth-order valence-electron chi connectivity index (χ4n) is 1.34. The summed E-state index contributed by atoms with van der Waals surface area (Å²) in [5, 5.41) is 6.17. The molecule has 0 aliphatic heterocycles. The van der Waals surface area contributed by atoms with E-state index in [1.54, 1.807) is 6.92 Å². The van der Waals surface area contributed by atoms with Crippen molar-refractivity contribution in [2.24, 2.45) is 0 Å². The van der Waals surface area contributed by atoms with Gasteiger partial charge in [-0.2, -0.15) is 4.98 Å². The average Bonchev–Trinajstić information content (AvgIpc) is 2.83. The number of aromatic amines is 1. The van der Waals surface area contributed by atoms with Gasteiger partial charge in [0.05, 0.1) is 12.2 Å². The number of aryl methyl sites for hydroxylation is 3. The standard InChI is InChI=1S/C10H13N5O2/c1-5-6(2)13-8(12-5)4-11-10(16)9-14-7(3)17-15-9/h4H2,1-3H3,(H,11,16)(H,12,13). The number of amides is 1. The predicted octanol–water partition coefficient (Wildman–Crippen LogP) is 0.648. The zero-order chi connectivity index (χ0) is 12.4. The summed E-state index contributed by atoms with van der Waals surface area (Å²) in [5.74, 6) is 0.712. The van der Waals surface area contributed by atoms with Crippen molar-refractivity contribution in [1.82, 2.24) is 25.4 Å². The number of hydrogen-bond donors (Lipinski definition) is 2. The first-order chi connectivity index (χ1) is 8.06. The van der Waals surface area contributed by atoms with Crippen LogP contribution < -0.4 is 5.32 Å². The second-order valence-electron chi connectivity index (χ2n) is 3.71. The van der Waals surface area contributed by atoms with Gasteiger partial charge in [0.1, 0.15) is 5.82 Å². The van der Waals surface area contributed by atoms with E-state index >= 15 is 0 Å². The SMILES string of the molecule is Cc1nc(C(=O)NCc2nc(C)c(C)[nH]2)no1. The predicted molar refractivity (Wildman–Crippen MR) is 58.3 cm³/mol. The van der Waals surface area contributed by atoms with Crippen LogP contribution in [0.1, 0.15) is 33.7 Å². The van der Waals surface area contributed by atoms with Gasteiger partial charge in [0.25, 0.3) is 11.7 Å². The molecule has 0 unspecified atom stereocenters. The number of aromatic nitrogens is 4. The van der Waals surface area contributed by atoms with Crippen molar-refractivity contribution in [3.05, 3.63) is 28.9 Å². The minimum Gasteiger partial charge on any atom is -0.344 e. The maximum Gasteiger partial charge on any atom is 0.293 e. The van der Waals surface area contributed by atoms with Crippen molar-refractivity contribution in [2.75, 3.05) is 0 Å². The van der Waals surface area contributed by atoms with E-state index in [0.29, 0.717) is 18.3 Å². The molecule has 7 nitrogen and oxygen atoms in total. The van der Waals surface area contributed by atoms with Crippen molar-refractivity contribution in [1.29, 1.82) is 0 Å². The average molecular weight is 235 g/mol. The lowest BCUT2D eigenvalue weighted by Crippen LogP contribution is -2.24. The van der Waals surface area contributed by atoms with Crippen LogP contribution in [0.5, 0.6) is 0 Å². The van der Waals surface area contributed by atoms with Crippen LogP contribution in [0.15, 0.2) is 4.52 Å². The Morgan fingerprint density at radius 1 is 1.35 bits per heavy atom. The number of imidazole rings is 1. The molecule has 2 heterocycles. The van der Waals surface area contributed by atoms with Crippen LogP contribution in [0, 0.1) is 20.8 Å². The molecule has 2 aromatic rings. The first-order valence-corrected chi connectivity index (χ1v) is 5.17. The Balaban J connectivity index is 1.96. The molecule has 0 aliphatic rings. The lowest BCUT2D eigenvalue weighted by Gasteiger charge is -1.98. The van der Waals surface area contributed by atoms with E-state index in [4.69, 9.17) is 4.52 Å². The molecule has 0 aliphatic carbocycles. The molecule has 0 fully saturated rings. The van der Waals surface area contributed by atoms with E-state index in [9.17, 15) is 4.79 Å². The van der Waals surface area contributed by atoms with Gasteiger partial charge in [-0.05, 0) is 13.8 Å². The molecule has 2 rings (SSSR count). The Morgan fingerprint density at radius 2 is 2.12 bits per heavy atom. The van der Waals surface area contributed by atoms with Crippen LogP contribution in [-0.4, -0.2) is 26.0 Å². The van der Waals surface area contributed by atoms with Crippen molar-refractivity contribution < 1.29 is 9.32 Å². The van der Waals surface area contributed by atoms with Gasteiger partial charge in [0.2, 0.25) is 5.89 Å². The van der Waals surface area contributed by atoms with Gasteiger partial charge < -0.3 is 14.8 Å². The molecule has 0 aromatic carbocycles. The summed E-state index contributed by atoms with van der Waals surface area (Å²) >= 11 is 0. The summed E-state index contributed by atoms with van der Waals surface area (Å²) in [6, 6.07) is 0. The molecular weight excluding hydrogens is 222 g/mol. The molecule has 7 heteroatoms. The van der Waals surface area contributed by atoms with Gasteiger partial charge in [-0.3, -0.25) is 4.79 Å². The number of hydrogen-bond acceptors (Lipinski definition) is 5. The third-order valence-corrected chi connectivity index (χ3v) is 2.32. The number of nitrogens with one attached hydrogen (secondary N) is 2. The number of nitrogens with zero attached hydrogens (tertiary/aromatic N) is 3. The van der Waals surface area contributed by atoms with Gasteiger partial charge >= 0.3 is 0 Å². The van der Waals surface area contributed by atoms with E-state index in [1.807, 2.05) is 13.8 Å². The molecule has 17 heavy (non-hydrogen) atoms. The van der Waals surface area contributed by atoms with Crippen LogP contribution in [-0.2, 0) is 6.54 Å². The maximum absolute atomic E-state index is 11.6. The summed E-state index contributed by atoms with van der Waals surface area (Å²) in [6.07, 6.45) is 0. The van der Waals surface area contributed by atoms with Gasteiger partial charge in [0.15, 0.2) is 0 Å². The number of carbonyl (C=O) groups excluding carboxylic acids is 1. The third kappa shape index (κ3) is 2.49. The lowest BCUT2D eigenvalue weighted by molar-refractivity contribution is 0.0936. The molecule has 0 radical (unpaired) electrons. The summed E-state index contributed by atoms with van der Waals surface area (Å²) in [4.78, 5) is 22.7. The second-order valence-corrected chi connectivity index (χ2v) is 3.71. The summed E-state index contributed by atoms with van der Waals surface area (Å²) in [5.41, 5.74) is 1.91. The highest BCUT2D eigenvalue weighted by atomic mass is 16.5. The van der Waals surface area contributed by atoms with Crippen LogP contribution >= 0.6 is 0 Å².